The van der Waals surface area contributed by atoms with Gasteiger partial charge in [0, 0.05) is 12.2 Å². The zero-order valence-corrected chi connectivity index (χ0v) is 10.5. The lowest BCUT2D eigenvalue weighted by Gasteiger charge is -2.21. The fraction of sp³-hybridized carbons (Fsp3) is 0.615. The van der Waals surface area contributed by atoms with Crippen LogP contribution in [0.3, 0.4) is 0 Å². The monoisotopic (exact) mass is 249 g/mol. The van der Waals surface area contributed by atoms with Crippen LogP contribution >= 0.6 is 0 Å². The smallest absolute Gasteiger partial charge is 0.310 e. The fourth-order valence-corrected chi connectivity index (χ4v) is 2.47. The van der Waals surface area contributed by atoms with E-state index in [2.05, 4.69) is 10.3 Å². The molecular formula is C13H19N3O2. The summed E-state index contributed by atoms with van der Waals surface area (Å²) in [5.41, 5.74) is 0.667. The Balaban J connectivity index is 2.05. The molecule has 1 saturated carbocycles. The van der Waals surface area contributed by atoms with Gasteiger partial charge in [-0.1, -0.05) is 32.1 Å². The summed E-state index contributed by atoms with van der Waals surface area (Å²) in [4.78, 5) is 14.3. The molecule has 18 heavy (non-hydrogen) atoms. The van der Waals surface area contributed by atoms with E-state index in [9.17, 15) is 10.1 Å². The molecule has 1 aliphatic carbocycles. The summed E-state index contributed by atoms with van der Waals surface area (Å²) in [7, 11) is 0. The maximum Gasteiger partial charge on any atom is 0.310 e. The van der Waals surface area contributed by atoms with Crippen molar-refractivity contribution in [2.75, 3.05) is 5.32 Å². The summed E-state index contributed by atoms with van der Waals surface area (Å²) in [5.74, 6) is 0. The second-order valence-electron chi connectivity index (χ2n) is 4.84. The van der Waals surface area contributed by atoms with Crippen LogP contribution in [0.25, 0.3) is 0 Å². The third kappa shape index (κ3) is 3.42. The van der Waals surface area contributed by atoms with Crippen molar-refractivity contribution < 1.29 is 4.92 Å². The molecule has 1 aromatic heterocycles. The number of rotatable bonds is 3. The van der Waals surface area contributed by atoms with E-state index in [-0.39, 0.29) is 10.6 Å². The topological polar surface area (TPSA) is 68.1 Å². The van der Waals surface area contributed by atoms with Crippen molar-refractivity contribution in [1.29, 1.82) is 0 Å². The molecule has 5 nitrogen and oxygen atoms in total. The number of hydrogen-bond acceptors (Lipinski definition) is 4. The Bertz CT molecular complexity index is 401. The van der Waals surface area contributed by atoms with E-state index in [0.717, 1.165) is 12.8 Å². The van der Waals surface area contributed by atoms with Gasteiger partial charge >= 0.3 is 5.69 Å². The Kier molecular flexibility index (Phi) is 4.50. The molecule has 98 valence electrons. The van der Waals surface area contributed by atoms with Gasteiger partial charge in [0.15, 0.2) is 0 Å². The van der Waals surface area contributed by atoms with Gasteiger partial charge in [0.25, 0.3) is 0 Å². The number of nitrogens with zero attached hydrogens (tertiary/aromatic N) is 2. The third-order valence-corrected chi connectivity index (χ3v) is 3.46. The highest BCUT2D eigenvalue weighted by atomic mass is 16.6. The average Bonchev–Trinajstić information content (AvgIpc) is 2.33. The van der Waals surface area contributed by atoms with E-state index < -0.39 is 0 Å². The summed E-state index contributed by atoms with van der Waals surface area (Å²) in [5, 5.41) is 14.2. The quantitative estimate of drug-likeness (QED) is 0.657. The number of nitro groups is 1. The Labute approximate surface area is 107 Å². The molecule has 1 aliphatic rings. The average molecular weight is 249 g/mol. The first-order chi connectivity index (χ1) is 8.77. The molecule has 0 aromatic carbocycles. The maximum atomic E-state index is 10.9. The lowest BCUT2D eigenvalue weighted by Crippen LogP contribution is -2.21. The van der Waals surface area contributed by atoms with E-state index in [1.165, 1.54) is 38.3 Å². The van der Waals surface area contributed by atoms with Gasteiger partial charge in [0.1, 0.15) is 11.9 Å². The summed E-state index contributed by atoms with van der Waals surface area (Å²) >= 11 is 0. The van der Waals surface area contributed by atoms with Gasteiger partial charge in [0.05, 0.1) is 4.92 Å². The number of pyridine rings is 1. The lowest BCUT2D eigenvalue weighted by molar-refractivity contribution is -0.384. The molecule has 0 radical (unpaired) electrons. The first-order valence-corrected chi connectivity index (χ1v) is 6.62. The minimum absolute atomic E-state index is 0.0690. The van der Waals surface area contributed by atoms with Crippen molar-refractivity contribution in [3.05, 3.63) is 28.6 Å². The third-order valence-electron chi connectivity index (χ3n) is 3.46. The molecule has 2 rings (SSSR count). The van der Waals surface area contributed by atoms with Crippen molar-refractivity contribution in [1.82, 2.24) is 4.98 Å². The van der Waals surface area contributed by atoms with E-state index in [1.807, 2.05) is 0 Å². The van der Waals surface area contributed by atoms with Crippen LogP contribution < -0.4 is 5.32 Å². The molecule has 1 fully saturated rings. The van der Waals surface area contributed by atoms with Crippen LogP contribution in [0.15, 0.2) is 18.5 Å². The van der Waals surface area contributed by atoms with Crippen LogP contribution in [-0.2, 0) is 0 Å². The zero-order valence-electron chi connectivity index (χ0n) is 10.5. The van der Waals surface area contributed by atoms with Crippen LogP contribution in [0, 0.1) is 10.1 Å². The predicted molar refractivity (Wildman–Crippen MR) is 70.6 cm³/mol. The van der Waals surface area contributed by atoms with Crippen molar-refractivity contribution in [3.8, 4) is 0 Å². The molecule has 0 spiro atoms. The first-order valence-electron chi connectivity index (χ1n) is 6.62. The predicted octanol–water partition coefficient (Wildman–Crippen LogP) is 3.51. The lowest BCUT2D eigenvalue weighted by atomic mass is 9.96. The normalized spacial score (nSPS) is 17.8. The summed E-state index contributed by atoms with van der Waals surface area (Å²) in [6.45, 7) is 0. The zero-order chi connectivity index (χ0) is 12.8. The molecule has 0 saturated heterocycles. The Morgan fingerprint density at radius 3 is 2.56 bits per heavy atom. The summed E-state index contributed by atoms with van der Waals surface area (Å²) < 4.78 is 0. The highest BCUT2D eigenvalue weighted by molar-refractivity contribution is 5.60. The van der Waals surface area contributed by atoms with E-state index in [0.29, 0.717) is 11.7 Å². The Morgan fingerprint density at radius 2 is 1.89 bits per heavy atom. The second kappa shape index (κ2) is 6.33. The number of hydrogen-bond donors (Lipinski definition) is 1. The highest BCUT2D eigenvalue weighted by Gasteiger charge is 2.17. The standard InChI is InChI=1S/C13H19N3O2/c17-16(18)13-10-14-9-8-12(13)15-11-6-4-2-1-3-5-7-11/h8-11H,1-7H2,(H,14,15). The molecule has 1 N–H and O–H groups in total. The second-order valence-corrected chi connectivity index (χ2v) is 4.84. The first kappa shape index (κ1) is 12.8. The minimum Gasteiger partial charge on any atom is -0.377 e. The molecule has 5 heteroatoms. The van der Waals surface area contributed by atoms with Gasteiger partial charge in [-0.05, 0) is 18.9 Å². The van der Waals surface area contributed by atoms with Crippen LogP contribution in [0.5, 0.6) is 0 Å². The minimum atomic E-state index is -0.377. The van der Waals surface area contributed by atoms with Gasteiger partial charge in [-0.3, -0.25) is 15.1 Å². The summed E-state index contributed by atoms with van der Waals surface area (Å²) in [6, 6.07) is 2.04. The number of aromatic nitrogens is 1. The maximum absolute atomic E-state index is 10.9. The molecule has 1 heterocycles. The number of nitrogens with one attached hydrogen (secondary N) is 1. The molecule has 0 bridgehead atoms. The van der Waals surface area contributed by atoms with Crippen LogP contribution in [0.2, 0.25) is 0 Å². The van der Waals surface area contributed by atoms with Crippen molar-refractivity contribution in [2.45, 2.75) is 51.0 Å². The molecule has 0 aliphatic heterocycles. The SMILES string of the molecule is O=[N+]([O-])c1cnccc1NC1CCCCCCC1. The Morgan fingerprint density at radius 1 is 1.22 bits per heavy atom. The summed E-state index contributed by atoms with van der Waals surface area (Å²) in [6.07, 6.45) is 11.4. The van der Waals surface area contributed by atoms with Crippen molar-refractivity contribution >= 4 is 11.4 Å². The number of anilines is 1. The fourth-order valence-electron chi connectivity index (χ4n) is 2.47. The van der Waals surface area contributed by atoms with Gasteiger partial charge in [-0.2, -0.15) is 0 Å². The molecule has 1 aromatic rings. The largest absolute Gasteiger partial charge is 0.377 e. The van der Waals surface area contributed by atoms with Crippen LogP contribution in [-0.4, -0.2) is 15.9 Å². The van der Waals surface area contributed by atoms with Crippen molar-refractivity contribution in [3.63, 3.8) is 0 Å². The van der Waals surface area contributed by atoms with Gasteiger partial charge in [0.2, 0.25) is 0 Å². The molecule has 0 atom stereocenters. The highest BCUT2D eigenvalue weighted by Crippen LogP contribution is 2.26. The van der Waals surface area contributed by atoms with E-state index in [1.54, 1.807) is 12.3 Å². The van der Waals surface area contributed by atoms with Crippen molar-refractivity contribution in [2.24, 2.45) is 0 Å². The van der Waals surface area contributed by atoms with Gasteiger partial charge < -0.3 is 5.32 Å². The van der Waals surface area contributed by atoms with E-state index in [4.69, 9.17) is 0 Å². The molecule has 0 amide bonds. The van der Waals surface area contributed by atoms with Gasteiger partial charge in [-0.15, -0.1) is 0 Å². The van der Waals surface area contributed by atoms with E-state index >= 15 is 0 Å². The van der Waals surface area contributed by atoms with Crippen LogP contribution in [0.1, 0.15) is 44.9 Å². The molecular weight excluding hydrogens is 230 g/mol. The van der Waals surface area contributed by atoms with Crippen LogP contribution in [0.4, 0.5) is 11.4 Å². The van der Waals surface area contributed by atoms with Gasteiger partial charge in [-0.25, -0.2) is 0 Å². The Hall–Kier alpha value is -1.65. The molecule has 0 unspecified atom stereocenters.